The highest BCUT2D eigenvalue weighted by Crippen LogP contribution is 2.30. The summed E-state index contributed by atoms with van der Waals surface area (Å²) in [5, 5.41) is 28.3. The fraction of sp³-hybridized carbons (Fsp3) is 0. The fourth-order valence-electron chi connectivity index (χ4n) is 3.58. The van der Waals surface area contributed by atoms with E-state index in [2.05, 4.69) is 16.4 Å². The number of aromatic nitrogens is 1. The first-order valence-electron chi connectivity index (χ1n) is 10.1. The first kappa shape index (κ1) is 21.1. The summed E-state index contributed by atoms with van der Waals surface area (Å²) in [7, 11) is 0. The number of nitrogens with zero attached hydrogens (tertiary/aromatic N) is 3. The molecule has 164 valence electrons. The van der Waals surface area contributed by atoms with Gasteiger partial charge in [-0.2, -0.15) is 5.26 Å². The van der Waals surface area contributed by atoms with Crippen molar-refractivity contribution in [1.82, 2.24) is 4.98 Å². The number of nitro benzene ring substituents is 1. The van der Waals surface area contributed by atoms with Crippen molar-refractivity contribution in [2.24, 2.45) is 0 Å². The molecule has 0 amide bonds. The van der Waals surface area contributed by atoms with Gasteiger partial charge < -0.3 is 9.73 Å². The Morgan fingerprint density at radius 1 is 1.12 bits per heavy atom. The summed E-state index contributed by atoms with van der Waals surface area (Å²) in [5.41, 5.74) is 1.29. The lowest BCUT2D eigenvalue weighted by molar-refractivity contribution is -0.384. The standard InChI is InChI=1S/C25H14N4O4S/c26-12-16(13-27-17-5-3-6-18(10-17)29(31)32)24-28-22(14-34-24)21-11-20-19-7-2-1-4-15(19)8-9-23(20)33-25(21)30/h1-11,13-14,27H. The summed E-state index contributed by atoms with van der Waals surface area (Å²) in [6.07, 6.45) is 1.43. The second-order valence-electron chi connectivity index (χ2n) is 7.31. The summed E-state index contributed by atoms with van der Waals surface area (Å²) >= 11 is 1.21. The molecule has 0 saturated heterocycles. The highest BCUT2D eigenvalue weighted by molar-refractivity contribution is 7.11. The van der Waals surface area contributed by atoms with Crippen LogP contribution >= 0.6 is 11.3 Å². The number of anilines is 1. The minimum absolute atomic E-state index is 0.0657. The van der Waals surface area contributed by atoms with E-state index in [9.17, 15) is 20.2 Å². The lowest BCUT2D eigenvalue weighted by atomic mass is 10.0. The molecule has 1 N–H and O–H groups in total. The molecule has 2 heterocycles. The molecule has 0 aliphatic carbocycles. The van der Waals surface area contributed by atoms with Gasteiger partial charge in [-0.1, -0.05) is 36.4 Å². The fourth-order valence-corrected chi connectivity index (χ4v) is 4.36. The molecule has 3 aromatic carbocycles. The number of allylic oxidation sites excluding steroid dienone is 1. The highest BCUT2D eigenvalue weighted by Gasteiger charge is 2.15. The van der Waals surface area contributed by atoms with Crippen LogP contribution in [0.1, 0.15) is 5.01 Å². The van der Waals surface area contributed by atoms with Crippen molar-refractivity contribution in [3.63, 3.8) is 0 Å². The van der Waals surface area contributed by atoms with E-state index in [1.165, 1.54) is 29.7 Å². The SMILES string of the molecule is N#CC(=CNc1cccc([N+](=O)[O-])c1)c1nc(-c2cc3c(ccc4ccccc43)oc2=O)cs1. The normalized spacial score (nSPS) is 11.4. The van der Waals surface area contributed by atoms with Gasteiger partial charge in [0, 0.05) is 34.8 Å². The average molecular weight is 466 g/mol. The number of hydrogen-bond acceptors (Lipinski definition) is 8. The van der Waals surface area contributed by atoms with Crippen LogP contribution in [0.2, 0.25) is 0 Å². The molecule has 0 spiro atoms. The lowest BCUT2D eigenvalue weighted by Crippen LogP contribution is -2.03. The van der Waals surface area contributed by atoms with Crippen LogP contribution < -0.4 is 10.9 Å². The van der Waals surface area contributed by atoms with Crippen molar-refractivity contribution in [2.75, 3.05) is 5.32 Å². The molecular formula is C25H14N4O4S. The number of fused-ring (bicyclic) bond motifs is 3. The Morgan fingerprint density at radius 2 is 1.97 bits per heavy atom. The minimum Gasteiger partial charge on any atom is -0.422 e. The van der Waals surface area contributed by atoms with Crippen LogP contribution in [0.15, 0.2) is 87.5 Å². The smallest absolute Gasteiger partial charge is 0.345 e. The summed E-state index contributed by atoms with van der Waals surface area (Å²) in [6, 6.07) is 21.3. The second kappa shape index (κ2) is 8.61. The molecule has 9 heteroatoms. The Kier molecular flexibility index (Phi) is 5.33. The van der Waals surface area contributed by atoms with E-state index >= 15 is 0 Å². The summed E-state index contributed by atoms with van der Waals surface area (Å²) < 4.78 is 5.55. The van der Waals surface area contributed by atoms with Gasteiger partial charge in [-0.05, 0) is 29.0 Å². The van der Waals surface area contributed by atoms with Crippen molar-refractivity contribution in [3.8, 4) is 17.3 Å². The third-order valence-corrected chi connectivity index (χ3v) is 6.09. The Hall–Kier alpha value is -4.81. The van der Waals surface area contributed by atoms with E-state index < -0.39 is 10.5 Å². The number of non-ortho nitro benzene ring substituents is 1. The summed E-state index contributed by atoms with van der Waals surface area (Å²) in [6.45, 7) is 0. The van der Waals surface area contributed by atoms with Crippen molar-refractivity contribution < 1.29 is 9.34 Å². The van der Waals surface area contributed by atoms with E-state index in [1.807, 2.05) is 30.3 Å². The number of nitriles is 1. The maximum atomic E-state index is 12.7. The zero-order valence-corrected chi connectivity index (χ0v) is 18.2. The summed E-state index contributed by atoms with van der Waals surface area (Å²) in [4.78, 5) is 27.6. The monoisotopic (exact) mass is 466 g/mol. The molecule has 0 radical (unpaired) electrons. The quantitative estimate of drug-likeness (QED) is 0.112. The molecule has 0 bridgehead atoms. The van der Waals surface area contributed by atoms with Gasteiger partial charge in [-0.25, -0.2) is 9.78 Å². The lowest BCUT2D eigenvalue weighted by Gasteiger charge is -2.04. The van der Waals surface area contributed by atoms with Crippen LogP contribution in [0.4, 0.5) is 11.4 Å². The molecule has 34 heavy (non-hydrogen) atoms. The molecule has 0 aliphatic heterocycles. The van der Waals surface area contributed by atoms with Crippen molar-refractivity contribution in [3.05, 3.63) is 104 Å². The van der Waals surface area contributed by atoms with Crippen LogP contribution in [0, 0.1) is 21.4 Å². The zero-order chi connectivity index (χ0) is 23.7. The maximum Gasteiger partial charge on any atom is 0.345 e. The molecule has 5 rings (SSSR count). The second-order valence-corrected chi connectivity index (χ2v) is 8.16. The number of rotatable bonds is 5. The van der Waals surface area contributed by atoms with Gasteiger partial charge in [0.05, 0.1) is 16.2 Å². The molecule has 2 aromatic heterocycles. The Balaban J connectivity index is 1.51. The number of nitrogens with one attached hydrogen (secondary N) is 1. The number of nitro groups is 1. The first-order valence-corrected chi connectivity index (χ1v) is 10.9. The van der Waals surface area contributed by atoms with Crippen LogP contribution in [0.5, 0.6) is 0 Å². The minimum atomic E-state index is -0.517. The summed E-state index contributed by atoms with van der Waals surface area (Å²) in [5.74, 6) is 0. The Morgan fingerprint density at radius 3 is 2.79 bits per heavy atom. The van der Waals surface area contributed by atoms with Crippen LogP contribution in [0.3, 0.4) is 0 Å². The molecule has 0 fully saturated rings. The predicted molar refractivity (Wildman–Crippen MR) is 131 cm³/mol. The number of thiazole rings is 1. The third-order valence-electron chi connectivity index (χ3n) is 5.21. The average Bonchev–Trinajstić information content (AvgIpc) is 3.34. The van der Waals surface area contributed by atoms with E-state index in [-0.39, 0.29) is 11.3 Å². The van der Waals surface area contributed by atoms with Gasteiger partial charge in [0.1, 0.15) is 22.2 Å². The molecule has 0 aliphatic rings. The molecule has 5 aromatic rings. The molecule has 0 saturated carbocycles. The van der Waals surface area contributed by atoms with Crippen molar-refractivity contribution >= 4 is 50.0 Å². The number of hydrogen-bond donors (Lipinski definition) is 1. The Labute approximate surface area is 196 Å². The first-order chi connectivity index (χ1) is 16.5. The predicted octanol–water partition coefficient (Wildman–Crippen LogP) is 5.95. The largest absolute Gasteiger partial charge is 0.422 e. The van der Waals surface area contributed by atoms with E-state index in [4.69, 9.17) is 4.42 Å². The Bertz CT molecular complexity index is 1710. The topological polar surface area (TPSA) is 122 Å². The van der Waals surface area contributed by atoms with E-state index in [1.54, 1.807) is 29.6 Å². The van der Waals surface area contributed by atoms with Gasteiger partial charge in [0.2, 0.25) is 0 Å². The van der Waals surface area contributed by atoms with Gasteiger partial charge in [-0.15, -0.1) is 11.3 Å². The van der Waals surface area contributed by atoms with Gasteiger partial charge in [0.15, 0.2) is 0 Å². The highest BCUT2D eigenvalue weighted by atomic mass is 32.1. The number of benzene rings is 3. The maximum absolute atomic E-state index is 12.7. The van der Waals surface area contributed by atoms with Crippen LogP contribution in [-0.2, 0) is 0 Å². The van der Waals surface area contributed by atoms with Crippen LogP contribution in [0.25, 0.3) is 38.6 Å². The van der Waals surface area contributed by atoms with Crippen molar-refractivity contribution in [1.29, 1.82) is 5.26 Å². The third kappa shape index (κ3) is 3.90. The van der Waals surface area contributed by atoms with Crippen LogP contribution in [-0.4, -0.2) is 9.91 Å². The van der Waals surface area contributed by atoms with Gasteiger partial charge in [-0.3, -0.25) is 10.1 Å². The van der Waals surface area contributed by atoms with E-state index in [0.717, 1.165) is 16.2 Å². The zero-order valence-electron chi connectivity index (χ0n) is 17.4. The molecule has 0 atom stereocenters. The van der Waals surface area contributed by atoms with Crippen molar-refractivity contribution in [2.45, 2.75) is 0 Å². The molecule has 8 nitrogen and oxygen atoms in total. The van der Waals surface area contributed by atoms with Gasteiger partial charge in [0.25, 0.3) is 5.69 Å². The molecular weight excluding hydrogens is 452 g/mol. The molecule has 0 unspecified atom stereocenters. The van der Waals surface area contributed by atoms with E-state index in [0.29, 0.717) is 27.5 Å². The van der Waals surface area contributed by atoms with Gasteiger partial charge >= 0.3 is 5.63 Å².